The number of carbonyl (C=O) groups is 1. The van der Waals surface area contributed by atoms with Crippen LogP contribution in [0.1, 0.15) is 44.9 Å². The van der Waals surface area contributed by atoms with Gasteiger partial charge in [-0.05, 0) is 49.4 Å². The van der Waals surface area contributed by atoms with E-state index in [0.29, 0.717) is 11.5 Å². The third kappa shape index (κ3) is 4.02. The maximum absolute atomic E-state index is 12.3. The summed E-state index contributed by atoms with van der Waals surface area (Å²) in [4.78, 5) is 14.4. The van der Waals surface area contributed by atoms with Crippen molar-refractivity contribution in [3.8, 4) is 11.5 Å². The molecule has 0 atom stereocenters. The summed E-state index contributed by atoms with van der Waals surface area (Å²) in [6.07, 6.45) is 7.41. The molecule has 1 amide bonds. The second-order valence-corrected chi connectivity index (χ2v) is 7.04. The number of amides is 1. The van der Waals surface area contributed by atoms with E-state index in [9.17, 15) is 4.79 Å². The number of rotatable bonds is 5. The summed E-state index contributed by atoms with van der Waals surface area (Å²) in [6.45, 7) is 0. The molecule has 0 saturated carbocycles. The molecule has 132 valence electrons. The minimum atomic E-state index is -0.170. The Balaban J connectivity index is 1.69. The van der Waals surface area contributed by atoms with Crippen LogP contribution in [0.3, 0.4) is 0 Å². The average molecular weight is 358 g/mol. The Hall–Kier alpha value is -2.34. The van der Waals surface area contributed by atoms with Crippen LogP contribution in [-0.4, -0.2) is 26.3 Å². The van der Waals surface area contributed by atoms with Gasteiger partial charge in [-0.2, -0.15) is 5.10 Å². The topological polar surface area (TPSA) is 59.9 Å². The molecule has 0 unspecified atom stereocenters. The van der Waals surface area contributed by atoms with E-state index >= 15 is 0 Å². The van der Waals surface area contributed by atoms with Crippen molar-refractivity contribution in [3.05, 3.63) is 45.1 Å². The van der Waals surface area contributed by atoms with Gasteiger partial charge in [-0.1, -0.05) is 12.5 Å². The number of thiophene rings is 1. The number of fused-ring (bicyclic) bond motifs is 1. The highest BCUT2D eigenvalue weighted by molar-refractivity contribution is 7.14. The van der Waals surface area contributed by atoms with Gasteiger partial charge in [0.15, 0.2) is 11.5 Å². The van der Waals surface area contributed by atoms with Crippen molar-refractivity contribution < 1.29 is 14.3 Å². The fourth-order valence-electron chi connectivity index (χ4n) is 3.01. The highest BCUT2D eigenvalue weighted by atomic mass is 32.1. The molecular weight excluding hydrogens is 336 g/mol. The first kappa shape index (κ1) is 17.5. The smallest absolute Gasteiger partial charge is 0.281 e. The van der Waals surface area contributed by atoms with Gasteiger partial charge >= 0.3 is 0 Å². The molecule has 1 N–H and O–H groups in total. The minimum absolute atomic E-state index is 0.170. The summed E-state index contributed by atoms with van der Waals surface area (Å²) >= 11 is 1.59. The number of hydrazone groups is 1. The van der Waals surface area contributed by atoms with E-state index in [1.165, 1.54) is 29.7 Å². The largest absolute Gasteiger partial charge is 0.493 e. The van der Waals surface area contributed by atoms with Crippen LogP contribution in [0, 0.1) is 0 Å². The van der Waals surface area contributed by atoms with Crippen molar-refractivity contribution in [1.29, 1.82) is 0 Å². The van der Waals surface area contributed by atoms with Gasteiger partial charge in [0.25, 0.3) is 5.91 Å². The van der Waals surface area contributed by atoms with Gasteiger partial charge in [0.05, 0.1) is 25.3 Å². The number of carbonyl (C=O) groups excluding carboxylic acids is 1. The molecular formula is C19H22N2O3S. The molecule has 0 bridgehead atoms. The van der Waals surface area contributed by atoms with Crippen LogP contribution < -0.4 is 14.9 Å². The number of ether oxygens (including phenoxy) is 2. The maximum atomic E-state index is 12.3. The molecule has 25 heavy (non-hydrogen) atoms. The lowest BCUT2D eigenvalue weighted by molar-refractivity contribution is 0.0959. The van der Waals surface area contributed by atoms with Gasteiger partial charge in [-0.3, -0.25) is 4.79 Å². The molecule has 0 spiro atoms. The van der Waals surface area contributed by atoms with Crippen molar-refractivity contribution in [2.24, 2.45) is 5.10 Å². The highest BCUT2D eigenvalue weighted by Crippen LogP contribution is 2.30. The lowest BCUT2D eigenvalue weighted by Crippen LogP contribution is -2.16. The fourth-order valence-corrected chi connectivity index (χ4v) is 4.15. The van der Waals surface area contributed by atoms with E-state index in [1.807, 2.05) is 24.3 Å². The number of methoxy groups -OCH3 is 2. The monoisotopic (exact) mass is 358 g/mol. The summed E-state index contributed by atoms with van der Waals surface area (Å²) in [6, 6.07) is 7.53. The predicted molar refractivity (Wildman–Crippen MR) is 100 cm³/mol. The average Bonchev–Trinajstić information content (AvgIpc) is 2.92. The second-order valence-electron chi connectivity index (χ2n) is 5.90. The Kier molecular flexibility index (Phi) is 5.71. The molecule has 1 aromatic heterocycles. The van der Waals surface area contributed by atoms with Gasteiger partial charge < -0.3 is 9.47 Å². The number of nitrogens with one attached hydrogen (secondary N) is 1. The van der Waals surface area contributed by atoms with Crippen LogP contribution in [0.15, 0.2) is 29.4 Å². The minimum Gasteiger partial charge on any atom is -0.493 e. The summed E-state index contributed by atoms with van der Waals surface area (Å²) in [5.74, 6) is 1.04. The molecule has 0 saturated heterocycles. The number of hydrogen-bond acceptors (Lipinski definition) is 5. The summed E-state index contributed by atoms with van der Waals surface area (Å²) in [5, 5.41) is 4.07. The Morgan fingerprint density at radius 3 is 2.84 bits per heavy atom. The number of hydrogen-bond donors (Lipinski definition) is 1. The molecule has 3 rings (SSSR count). The molecule has 0 radical (unpaired) electrons. The van der Waals surface area contributed by atoms with E-state index < -0.39 is 0 Å². The van der Waals surface area contributed by atoms with Crippen molar-refractivity contribution in [1.82, 2.24) is 5.43 Å². The predicted octanol–water partition coefficient (Wildman–Crippen LogP) is 3.80. The molecule has 1 aliphatic rings. The summed E-state index contributed by atoms with van der Waals surface area (Å²) in [7, 11) is 3.16. The molecule has 0 aliphatic heterocycles. The zero-order chi connectivity index (χ0) is 17.6. The lowest BCUT2D eigenvalue weighted by atomic mass is 10.1. The van der Waals surface area contributed by atoms with Crippen molar-refractivity contribution in [2.45, 2.75) is 32.1 Å². The van der Waals surface area contributed by atoms with E-state index in [4.69, 9.17) is 9.47 Å². The van der Waals surface area contributed by atoms with Crippen LogP contribution >= 0.6 is 11.3 Å². The van der Waals surface area contributed by atoms with E-state index in [0.717, 1.165) is 23.3 Å². The number of benzene rings is 1. The van der Waals surface area contributed by atoms with Crippen molar-refractivity contribution in [3.63, 3.8) is 0 Å². The molecule has 6 heteroatoms. The first-order valence-corrected chi connectivity index (χ1v) is 9.20. The van der Waals surface area contributed by atoms with E-state index in [2.05, 4.69) is 10.5 Å². The normalized spacial score (nSPS) is 14.0. The van der Waals surface area contributed by atoms with E-state index in [-0.39, 0.29) is 5.91 Å². The highest BCUT2D eigenvalue weighted by Gasteiger charge is 2.16. The third-order valence-electron chi connectivity index (χ3n) is 4.27. The Labute approximate surface area is 151 Å². The molecule has 1 aliphatic carbocycles. The molecule has 1 heterocycles. The zero-order valence-electron chi connectivity index (χ0n) is 14.5. The van der Waals surface area contributed by atoms with Gasteiger partial charge in [-0.15, -0.1) is 11.3 Å². The van der Waals surface area contributed by atoms with Gasteiger partial charge in [0.2, 0.25) is 0 Å². The molecule has 0 fully saturated rings. The summed E-state index contributed by atoms with van der Waals surface area (Å²) in [5.41, 5.74) is 4.67. The third-order valence-corrected chi connectivity index (χ3v) is 5.51. The lowest BCUT2D eigenvalue weighted by Gasteiger charge is -2.09. The zero-order valence-corrected chi connectivity index (χ0v) is 15.3. The Bertz CT molecular complexity index is 759. The number of nitrogens with zero attached hydrogens (tertiary/aromatic N) is 1. The first-order valence-electron chi connectivity index (χ1n) is 8.39. The van der Waals surface area contributed by atoms with Crippen molar-refractivity contribution in [2.75, 3.05) is 14.2 Å². The summed E-state index contributed by atoms with van der Waals surface area (Å²) < 4.78 is 10.6. The van der Waals surface area contributed by atoms with Crippen LogP contribution in [0.5, 0.6) is 11.5 Å². The fraction of sp³-hybridized carbons (Fsp3) is 0.368. The first-order chi connectivity index (χ1) is 12.2. The molecule has 5 nitrogen and oxygen atoms in total. The molecule has 1 aromatic carbocycles. The second kappa shape index (κ2) is 8.16. The van der Waals surface area contributed by atoms with Crippen LogP contribution in [0.25, 0.3) is 0 Å². The van der Waals surface area contributed by atoms with Gasteiger partial charge in [0.1, 0.15) is 0 Å². The Morgan fingerprint density at radius 2 is 2.04 bits per heavy atom. The van der Waals surface area contributed by atoms with E-state index in [1.54, 1.807) is 31.8 Å². The number of para-hydroxylation sites is 1. The molecule has 2 aromatic rings. The van der Waals surface area contributed by atoms with Crippen molar-refractivity contribution >= 4 is 23.5 Å². The van der Waals surface area contributed by atoms with Crippen LogP contribution in [0.4, 0.5) is 0 Å². The maximum Gasteiger partial charge on any atom is 0.281 e. The van der Waals surface area contributed by atoms with Gasteiger partial charge in [-0.25, -0.2) is 5.43 Å². The standard InChI is InChI=1S/C19H22N2O3S/c1-23-15-9-6-8-14(18(15)24-2)12-20-21-19(22)17-11-13-7-4-3-5-10-16(13)25-17/h6,8-9,11-12H,3-5,7,10H2,1-2H3,(H,21,22)/b20-12-. The van der Waals surface area contributed by atoms with Gasteiger partial charge in [0, 0.05) is 10.4 Å². The number of aryl methyl sites for hydroxylation is 2. The van der Waals surface area contributed by atoms with Crippen LogP contribution in [0.2, 0.25) is 0 Å². The Morgan fingerprint density at radius 1 is 1.20 bits per heavy atom. The quantitative estimate of drug-likeness (QED) is 0.502. The SMILES string of the molecule is COc1cccc(/C=N\NC(=O)c2cc3c(s2)CCCCC3)c1OC. The van der Waals surface area contributed by atoms with Crippen LogP contribution in [-0.2, 0) is 12.8 Å².